The molecule has 150 valence electrons. The van der Waals surface area contributed by atoms with E-state index in [9.17, 15) is 9.59 Å². The first kappa shape index (κ1) is 20.7. The number of piperidine rings is 1. The van der Waals surface area contributed by atoms with Crippen LogP contribution in [0.4, 0.5) is 0 Å². The molecule has 1 aromatic rings. The van der Waals surface area contributed by atoms with Gasteiger partial charge in [0.1, 0.15) is 0 Å². The Morgan fingerprint density at radius 2 is 1.93 bits per heavy atom. The van der Waals surface area contributed by atoms with Crippen molar-refractivity contribution >= 4 is 34.9 Å². The summed E-state index contributed by atoms with van der Waals surface area (Å²) in [6.07, 6.45) is 3.47. The predicted molar refractivity (Wildman–Crippen MR) is 114 cm³/mol. The molecule has 0 aliphatic carbocycles. The largest absolute Gasteiger partial charge is 0.342 e. The van der Waals surface area contributed by atoms with Crippen molar-refractivity contribution in [3.8, 4) is 0 Å². The van der Waals surface area contributed by atoms with Crippen LogP contribution in [0.3, 0.4) is 0 Å². The van der Waals surface area contributed by atoms with Gasteiger partial charge in [0.25, 0.3) is 5.91 Å². The first-order chi connectivity index (χ1) is 12.7. The van der Waals surface area contributed by atoms with E-state index in [0.717, 1.165) is 49.5 Å². The number of likely N-dealkylation sites (tertiary alicyclic amines) is 1. The maximum atomic E-state index is 12.9. The van der Waals surface area contributed by atoms with E-state index in [1.807, 2.05) is 34.2 Å². The molecular formula is C21H32N2O2S2. The van der Waals surface area contributed by atoms with Crippen molar-refractivity contribution in [3.05, 3.63) is 22.4 Å². The van der Waals surface area contributed by atoms with Crippen LogP contribution < -0.4 is 0 Å². The molecule has 2 aliphatic heterocycles. The van der Waals surface area contributed by atoms with E-state index >= 15 is 0 Å². The number of carbonyl (C=O) groups is 2. The summed E-state index contributed by atoms with van der Waals surface area (Å²) in [6, 6.07) is 3.85. The molecular weight excluding hydrogens is 376 g/mol. The number of hydrogen-bond acceptors (Lipinski definition) is 4. The number of hydrogen-bond donors (Lipinski definition) is 0. The molecule has 1 spiro atoms. The van der Waals surface area contributed by atoms with Gasteiger partial charge in [0.2, 0.25) is 5.91 Å². The zero-order valence-electron chi connectivity index (χ0n) is 17.0. The molecule has 2 aliphatic rings. The third-order valence-electron chi connectivity index (χ3n) is 5.54. The third kappa shape index (κ3) is 4.89. The standard InChI is InChI=1S/C21H32N2O2S2/c1-16(15-20(2,3)4)14-18(24)22-9-7-21(8-10-22)23(11-13-27-21)19(25)17-6-5-12-26-17/h5-6,12,16H,7-11,13-15H2,1-4H3. The van der Waals surface area contributed by atoms with Gasteiger partial charge in [-0.05, 0) is 42.0 Å². The van der Waals surface area contributed by atoms with E-state index in [1.54, 1.807) is 0 Å². The van der Waals surface area contributed by atoms with Crippen LogP contribution in [0.25, 0.3) is 0 Å². The van der Waals surface area contributed by atoms with E-state index in [0.29, 0.717) is 12.3 Å². The SMILES string of the molecule is CC(CC(=O)N1CCC2(CC1)SCCN2C(=O)c1cccs1)CC(C)(C)C. The van der Waals surface area contributed by atoms with Gasteiger partial charge in [-0.2, -0.15) is 0 Å². The molecule has 0 radical (unpaired) electrons. The van der Waals surface area contributed by atoms with E-state index < -0.39 is 0 Å². The number of carbonyl (C=O) groups excluding carboxylic acids is 2. The fourth-order valence-electron chi connectivity index (χ4n) is 4.49. The van der Waals surface area contributed by atoms with E-state index in [2.05, 4.69) is 32.6 Å². The molecule has 0 saturated carbocycles. The Balaban J connectivity index is 1.57. The summed E-state index contributed by atoms with van der Waals surface area (Å²) in [7, 11) is 0. The van der Waals surface area contributed by atoms with E-state index in [4.69, 9.17) is 0 Å². The summed E-state index contributed by atoms with van der Waals surface area (Å²) in [4.78, 5) is 30.5. The molecule has 2 saturated heterocycles. The molecule has 2 fully saturated rings. The maximum absolute atomic E-state index is 12.9. The van der Waals surface area contributed by atoms with Crippen LogP contribution in [0.1, 0.15) is 63.0 Å². The highest BCUT2D eigenvalue weighted by atomic mass is 32.2. The minimum Gasteiger partial charge on any atom is -0.342 e. The highest BCUT2D eigenvalue weighted by molar-refractivity contribution is 8.00. The Morgan fingerprint density at radius 1 is 1.22 bits per heavy atom. The van der Waals surface area contributed by atoms with Gasteiger partial charge in [0, 0.05) is 31.8 Å². The minimum atomic E-state index is -0.116. The summed E-state index contributed by atoms with van der Waals surface area (Å²) >= 11 is 3.42. The van der Waals surface area contributed by atoms with E-state index in [1.165, 1.54) is 11.3 Å². The topological polar surface area (TPSA) is 40.6 Å². The van der Waals surface area contributed by atoms with Crippen LogP contribution in [0.15, 0.2) is 17.5 Å². The zero-order chi connectivity index (χ0) is 19.7. The Kier molecular flexibility index (Phi) is 6.26. The van der Waals surface area contributed by atoms with Crippen LogP contribution in [0.5, 0.6) is 0 Å². The lowest BCUT2D eigenvalue weighted by atomic mass is 9.84. The second-order valence-electron chi connectivity index (χ2n) is 9.18. The molecule has 1 aromatic heterocycles. The monoisotopic (exact) mass is 408 g/mol. The molecule has 0 bridgehead atoms. The first-order valence-corrected chi connectivity index (χ1v) is 11.8. The summed E-state index contributed by atoms with van der Waals surface area (Å²) in [5.74, 6) is 1.84. The first-order valence-electron chi connectivity index (χ1n) is 9.97. The van der Waals surface area contributed by atoms with Gasteiger partial charge in [0.05, 0.1) is 9.75 Å². The van der Waals surface area contributed by atoms with Crippen molar-refractivity contribution in [2.75, 3.05) is 25.4 Å². The van der Waals surface area contributed by atoms with Crippen LogP contribution in [0.2, 0.25) is 0 Å². The predicted octanol–water partition coefficient (Wildman–Crippen LogP) is 4.72. The molecule has 2 amide bonds. The summed E-state index contributed by atoms with van der Waals surface area (Å²) in [5.41, 5.74) is 0.259. The highest BCUT2D eigenvalue weighted by Crippen LogP contribution is 2.45. The van der Waals surface area contributed by atoms with Gasteiger partial charge >= 0.3 is 0 Å². The minimum absolute atomic E-state index is 0.116. The Labute approximate surface area is 171 Å². The van der Waals surface area contributed by atoms with Gasteiger partial charge in [-0.15, -0.1) is 23.1 Å². The lowest BCUT2D eigenvalue weighted by Crippen LogP contribution is -2.53. The van der Waals surface area contributed by atoms with Gasteiger partial charge in [-0.3, -0.25) is 9.59 Å². The maximum Gasteiger partial charge on any atom is 0.265 e. The fraction of sp³-hybridized carbons (Fsp3) is 0.714. The number of thiophene rings is 1. The number of nitrogens with zero attached hydrogens (tertiary/aromatic N) is 2. The van der Waals surface area contributed by atoms with Crippen molar-refractivity contribution in [3.63, 3.8) is 0 Å². The van der Waals surface area contributed by atoms with Gasteiger partial charge in [-0.25, -0.2) is 0 Å². The lowest BCUT2D eigenvalue weighted by Gasteiger charge is -2.44. The van der Waals surface area contributed by atoms with Crippen molar-refractivity contribution in [2.24, 2.45) is 11.3 Å². The molecule has 1 atom stereocenters. The molecule has 1 unspecified atom stereocenters. The third-order valence-corrected chi connectivity index (χ3v) is 7.95. The zero-order valence-corrected chi connectivity index (χ0v) is 18.6. The summed E-state index contributed by atoms with van der Waals surface area (Å²) in [5, 5.41) is 1.96. The average Bonchev–Trinajstić information content (AvgIpc) is 3.23. The molecule has 6 heteroatoms. The Morgan fingerprint density at radius 3 is 2.52 bits per heavy atom. The number of amides is 2. The molecule has 0 N–H and O–H groups in total. The smallest absolute Gasteiger partial charge is 0.265 e. The van der Waals surface area contributed by atoms with Crippen LogP contribution in [-0.2, 0) is 4.79 Å². The van der Waals surface area contributed by atoms with Crippen LogP contribution >= 0.6 is 23.1 Å². The van der Waals surface area contributed by atoms with E-state index in [-0.39, 0.29) is 22.1 Å². The summed E-state index contributed by atoms with van der Waals surface area (Å²) < 4.78 is 0. The number of rotatable bonds is 4. The van der Waals surface area contributed by atoms with Crippen molar-refractivity contribution in [1.29, 1.82) is 0 Å². The fourth-order valence-corrected chi connectivity index (χ4v) is 6.62. The van der Waals surface area contributed by atoms with Crippen LogP contribution in [0, 0.1) is 11.3 Å². The van der Waals surface area contributed by atoms with Gasteiger partial charge in [0.15, 0.2) is 0 Å². The van der Waals surface area contributed by atoms with Gasteiger partial charge in [-0.1, -0.05) is 33.8 Å². The molecule has 4 nitrogen and oxygen atoms in total. The molecule has 27 heavy (non-hydrogen) atoms. The van der Waals surface area contributed by atoms with Crippen molar-refractivity contribution < 1.29 is 9.59 Å². The molecule has 3 heterocycles. The van der Waals surface area contributed by atoms with Crippen molar-refractivity contribution in [1.82, 2.24) is 9.80 Å². The highest BCUT2D eigenvalue weighted by Gasteiger charge is 2.47. The average molecular weight is 409 g/mol. The second-order valence-corrected chi connectivity index (χ2v) is 11.6. The lowest BCUT2D eigenvalue weighted by molar-refractivity contribution is -0.133. The van der Waals surface area contributed by atoms with Crippen molar-refractivity contribution in [2.45, 2.75) is 58.2 Å². The summed E-state index contributed by atoms with van der Waals surface area (Å²) in [6.45, 7) is 11.2. The molecule has 0 aromatic carbocycles. The van der Waals surface area contributed by atoms with Gasteiger partial charge < -0.3 is 9.80 Å². The normalized spacial score (nSPS) is 20.9. The number of thioether (sulfide) groups is 1. The molecule has 3 rings (SSSR count). The second kappa shape index (κ2) is 8.16. The Hall–Kier alpha value is -1.01. The van der Waals surface area contributed by atoms with Crippen LogP contribution in [-0.4, -0.2) is 51.9 Å². The Bertz CT molecular complexity index is 658. The quantitative estimate of drug-likeness (QED) is 0.724.